The van der Waals surface area contributed by atoms with Crippen LogP contribution in [0.3, 0.4) is 0 Å². The summed E-state index contributed by atoms with van der Waals surface area (Å²) in [6.45, 7) is 1.46. The zero-order valence-corrected chi connectivity index (χ0v) is 19.5. The number of nitrogens with one attached hydrogen (secondary N) is 3. The minimum atomic E-state index is -0.634. The molecule has 0 spiro atoms. The van der Waals surface area contributed by atoms with E-state index in [1.807, 2.05) is 18.2 Å². The number of nitrogens with zero attached hydrogens (tertiary/aromatic N) is 1. The van der Waals surface area contributed by atoms with Crippen molar-refractivity contribution in [1.82, 2.24) is 0 Å². The second-order valence-corrected chi connectivity index (χ2v) is 8.20. The lowest BCUT2D eigenvalue weighted by Crippen LogP contribution is -2.29. The molecule has 0 unspecified atom stereocenters. The van der Waals surface area contributed by atoms with E-state index < -0.39 is 11.9 Å². The Morgan fingerprint density at radius 3 is 2.60 bits per heavy atom. The molecular weight excluding hydrogens is 448 g/mol. The second kappa shape index (κ2) is 10.3. The van der Waals surface area contributed by atoms with Crippen LogP contribution in [-0.2, 0) is 22.4 Å². The first kappa shape index (κ1) is 23.7. The molecule has 4 rings (SSSR count). The Morgan fingerprint density at radius 2 is 1.86 bits per heavy atom. The van der Waals surface area contributed by atoms with Gasteiger partial charge in [0.05, 0.1) is 24.1 Å². The third kappa shape index (κ3) is 5.24. The number of rotatable bonds is 7. The number of fused-ring (bicyclic) bond motifs is 1. The van der Waals surface area contributed by atoms with Gasteiger partial charge in [-0.05, 0) is 80.1 Å². The van der Waals surface area contributed by atoms with Crippen LogP contribution in [0.2, 0.25) is 0 Å². The lowest BCUT2D eigenvalue weighted by atomic mass is 9.91. The van der Waals surface area contributed by atoms with Crippen LogP contribution in [0, 0.1) is 5.41 Å². The van der Waals surface area contributed by atoms with Crippen LogP contribution >= 0.6 is 0 Å². The molecule has 0 fully saturated rings. The van der Waals surface area contributed by atoms with E-state index in [1.54, 1.807) is 18.2 Å². The van der Waals surface area contributed by atoms with E-state index in [0.717, 1.165) is 19.3 Å². The fourth-order valence-electron chi connectivity index (χ4n) is 3.95. The van der Waals surface area contributed by atoms with Gasteiger partial charge in [-0.25, -0.2) is 4.79 Å². The number of hydrogen-bond donors (Lipinski definition) is 4. The van der Waals surface area contributed by atoms with Crippen molar-refractivity contribution in [1.29, 1.82) is 5.41 Å². The molecule has 0 radical (unpaired) electrons. The topological polar surface area (TPSA) is 137 Å². The fraction of sp³-hybridized carbons (Fsp3) is 0.231. The summed E-state index contributed by atoms with van der Waals surface area (Å²) in [5.74, 6) is -1.11. The highest BCUT2D eigenvalue weighted by atomic mass is 16.5. The lowest BCUT2D eigenvalue weighted by Gasteiger charge is -2.17. The van der Waals surface area contributed by atoms with E-state index in [0.29, 0.717) is 11.3 Å². The standard InChI is InChI=1S/C26H26N4O5/c1-15(27)23(25(32)28-18-11-10-16-6-3-4-7-17(16)14-18)30-29-20-9-5-8-19(24(20)31)21-12-13-22(35-21)26(33)34-2/h5,8-14,27,29,31H,3-4,6-7H2,1-2H3,(H,28,32)/b27-15?,30-23-. The average Bonchev–Trinajstić information content (AvgIpc) is 3.34. The van der Waals surface area contributed by atoms with Gasteiger partial charge < -0.3 is 25.0 Å². The van der Waals surface area contributed by atoms with E-state index in [1.165, 1.54) is 43.7 Å². The maximum atomic E-state index is 12.9. The zero-order chi connectivity index (χ0) is 24.9. The molecule has 4 N–H and O–H groups in total. The normalized spacial score (nSPS) is 13.0. The number of phenols is 1. The SMILES string of the molecule is COC(=O)c1ccc(-c2cccc(N/N=C(/C(C)=N)C(=O)Nc3ccc4c(c3)CCCC4)c2O)o1. The van der Waals surface area contributed by atoms with Gasteiger partial charge in [0.15, 0.2) is 11.5 Å². The number of anilines is 2. The van der Waals surface area contributed by atoms with Crippen molar-refractivity contribution in [2.45, 2.75) is 32.6 Å². The molecule has 0 saturated heterocycles. The Bertz CT molecular complexity index is 1330. The van der Waals surface area contributed by atoms with Gasteiger partial charge in [0.25, 0.3) is 5.91 Å². The molecule has 0 aliphatic heterocycles. The van der Waals surface area contributed by atoms with Crippen molar-refractivity contribution in [2.75, 3.05) is 17.9 Å². The Balaban J connectivity index is 1.53. The summed E-state index contributed by atoms with van der Waals surface area (Å²) in [5, 5.41) is 25.6. The molecule has 2 aromatic carbocycles. The first-order valence-electron chi connectivity index (χ1n) is 11.2. The van der Waals surface area contributed by atoms with Crippen LogP contribution in [-0.4, -0.2) is 35.5 Å². The van der Waals surface area contributed by atoms with E-state index in [2.05, 4.69) is 20.6 Å². The van der Waals surface area contributed by atoms with Crippen LogP contribution in [0.5, 0.6) is 5.75 Å². The first-order chi connectivity index (χ1) is 16.9. The molecule has 35 heavy (non-hydrogen) atoms. The number of hydrogen-bond acceptors (Lipinski definition) is 8. The molecule has 1 aliphatic rings. The third-order valence-corrected chi connectivity index (χ3v) is 5.76. The van der Waals surface area contributed by atoms with Crippen molar-refractivity contribution in [3.63, 3.8) is 0 Å². The molecule has 1 amide bonds. The van der Waals surface area contributed by atoms with Crippen molar-refractivity contribution >= 4 is 34.7 Å². The minimum Gasteiger partial charge on any atom is -0.505 e. The number of ether oxygens (including phenoxy) is 1. The number of carbonyl (C=O) groups is 2. The summed E-state index contributed by atoms with van der Waals surface area (Å²) in [6.07, 6.45) is 4.34. The molecule has 1 aromatic heterocycles. The molecule has 3 aromatic rings. The Hall–Kier alpha value is -4.40. The van der Waals surface area contributed by atoms with E-state index in [9.17, 15) is 14.7 Å². The maximum absolute atomic E-state index is 12.9. The molecule has 9 nitrogen and oxygen atoms in total. The fourth-order valence-corrected chi connectivity index (χ4v) is 3.95. The van der Waals surface area contributed by atoms with E-state index in [-0.39, 0.29) is 34.4 Å². The zero-order valence-electron chi connectivity index (χ0n) is 19.5. The van der Waals surface area contributed by atoms with E-state index in [4.69, 9.17) is 9.83 Å². The van der Waals surface area contributed by atoms with Gasteiger partial charge in [-0.1, -0.05) is 12.1 Å². The summed E-state index contributed by atoms with van der Waals surface area (Å²) in [7, 11) is 1.25. The Morgan fingerprint density at radius 1 is 1.09 bits per heavy atom. The number of phenolic OH excluding ortho intramolecular Hbond substituents is 1. The van der Waals surface area contributed by atoms with Gasteiger partial charge >= 0.3 is 5.97 Å². The number of aromatic hydroxyl groups is 1. The van der Waals surface area contributed by atoms with Crippen molar-refractivity contribution < 1.29 is 23.8 Å². The molecular formula is C26H26N4O5. The van der Waals surface area contributed by atoms with Gasteiger partial charge in [0.2, 0.25) is 5.76 Å². The number of carbonyl (C=O) groups excluding carboxylic acids is 2. The number of esters is 1. The second-order valence-electron chi connectivity index (χ2n) is 8.20. The van der Waals surface area contributed by atoms with Crippen LogP contribution in [0.25, 0.3) is 11.3 Å². The minimum absolute atomic E-state index is 0.00107. The highest BCUT2D eigenvalue weighted by Crippen LogP contribution is 2.36. The number of benzene rings is 2. The first-order valence-corrected chi connectivity index (χ1v) is 11.2. The molecule has 0 saturated carbocycles. The summed E-state index contributed by atoms with van der Waals surface area (Å²) in [6, 6.07) is 13.7. The van der Waals surface area contributed by atoms with Crippen LogP contribution in [0.1, 0.15) is 41.4 Å². The quantitative estimate of drug-likeness (QED) is 0.169. The van der Waals surface area contributed by atoms with Crippen LogP contribution in [0.15, 0.2) is 58.0 Å². The number of para-hydroxylation sites is 1. The largest absolute Gasteiger partial charge is 0.505 e. The molecule has 1 aliphatic carbocycles. The predicted molar refractivity (Wildman–Crippen MR) is 133 cm³/mol. The van der Waals surface area contributed by atoms with Gasteiger partial charge in [-0.15, -0.1) is 0 Å². The summed E-state index contributed by atoms with van der Waals surface area (Å²) in [4.78, 5) is 24.5. The Kier molecular flexibility index (Phi) is 6.96. The summed E-state index contributed by atoms with van der Waals surface area (Å²) in [5.41, 5.74) is 6.18. The molecule has 1 heterocycles. The van der Waals surface area contributed by atoms with Crippen LogP contribution in [0.4, 0.5) is 11.4 Å². The van der Waals surface area contributed by atoms with Crippen molar-refractivity contribution in [3.8, 4) is 17.1 Å². The molecule has 0 atom stereocenters. The number of furan rings is 1. The summed E-state index contributed by atoms with van der Waals surface area (Å²) >= 11 is 0. The molecule has 180 valence electrons. The van der Waals surface area contributed by atoms with Gasteiger partial charge in [0.1, 0.15) is 5.76 Å². The number of methoxy groups -OCH3 is 1. The van der Waals surface area contributed by atoms with Crippen molar-refractivity contribution in [3.05, 3.63) is 65.4 Å². The number of hydrazone groups is 1. The Labute approximate surface area is 202 Å². The lowest BCUT2D eigenvalue weighted by molar-refractivity contribution is -0.110. The number of amides is 1. The number of aryl methyl sites for hydroxylation is 2. The highest BCUT2D eigenvalue weighted by Gasteiger charge is 2.19. The highest BCUT2D eigenvalue weighted by molar-refractivity contribution is 6.67. The third-order valence-electron chi connectivity index (χ3n) is 5.76. The van der Waals surface area contributed by atoms with Crippen LogP contribution < -0.4 is 10.7 Å². The predicted octanol–water partition coefficient (Wildman–Crippen LogP) is 4.76. The van der Waals surface area contributed by atoms with E-state index >= 15 is 0 Å². The molecule has 0 bridgehead atoms. The summed E-state index contributed by atoms with van der Waals surface area (Å²) < 4.78 is 10.1. The molecule has 9 heteroatoms. The van der Waals surface area contributed by atoms with Gasteiger partial charge in [-0.3, -0.25) is 10.2 Å². The van der Waals surface area contributed by atoms with Gasteiger partial charge in [-0.2, -0.15) is 5.10 Å². The van der Waals surface area contributed by atoms with Crippen molar-refractivity contribution in [2.24, 2.45) is 5.10 Å². The maximum Gasteiger partial charge on any atom is 0.373 e. The van der Waals surface area contributed by atoms with Gasteiger partial charge in [0, 0.05) is 5.69 Å². The average molecular weight is 475 g/mol. The smallest absolute Gasteiger partial charge is 0.373 e. The monoisotopic (exact) mass is 474 g/mol.